The van der Waals surface area contributed by atoms with Crippen LogP contribution in [0.5, 0.6) is 0 Å². The average Bonchev–Trinajstić information content (AvgIpc) is 2.37. The minimum atomic E-state index is -3.14. The fourth-order valence-corrected chi connectivity index (χ4v) is 4.04. The summed E-state index contributed by atoms with van der Waals surface area (Å²) in [7, 11) is -3.14. The van der Waals surface area contributed by atoms with Crippen molar-refractivity contribution in [2.45, 2.75) is 33.1 Å². The Hall–Kier alpha value is -1.07. The second-order valence-corrected chi connectivity index (χ2v) is 7.65. The molecule has 0 unspecified atom stereocenters. The Morgan fingerprint density at radius 3 is 2.90 bits per heavy atom. The number of sulfonamides is 1. The van der Waals surface area contributed by atoms with Crippen molar-refractivity contribution >= 4 is 15.7 Å². The Balaban J connectivity index is 1.95. The molecular weight excluding hydrogens is 272 g/mol. The number of fused-ring (bicyclic) bond motifs is 1. The van der Waals surface area contributed by atoms with Crippen molar-refractivity contribution in [3.8, 4) is 0 Å². The average molecular weight is 296 g/mol. The summed E-state index contributed by atoms with van der Waals surface area (Å²) in [5, 5.41) is 3.43. The standard InChI is InChI=1S/C15H24N2O2S/c1-12(2)11-20(18,19)17-10-8-14-6-3-5-13-7-4-9-16-15(13)14/h3,5-6,12,16-17H,4,7-11H2,1-2H3. The van der Waals surface area contributed by atoms with Crippen LogP contribution in [-0.2, 0) is 22.9 Å². The first-order chi connectivity index (χ1) is 9.48. The van der Waals surface area contributed by atoms with Crippen LogP contribution < -0.4 is 10.0 Å². The third-order valence-electron chi connectivity index (χ3n) is 3.43. The molecule has 1 aromatic carbocycles. The van der Waals surface area contributed by atoms with E-state index in [1.807, 2.05) is 13.8 Å². The number of nitrogens with one attached hydrogen (secondary N) is 2. The predicted molar refractivity (Wildman–Crippen MR) is 83.6 cm³/mol. The van der Waals surface area contributed by atoms with E-state index in [4.69, 9.17) is 0 Å². The molecule has 1 heterocycles. The van der Waals surface area contributed by atoms with E-state index < -0.39 is 10.0 Å². The molecule has 2 N–H and O–H groups in total. The van der Waals surface area contributed by atoms with Crippen molar-refractivity contribution in [1.29, 1.82) is 0 Å². The van der Waals surface area contributed by atoms with E-state index in [0.717, 1.165) is 25.8 Å². The van der Waals surface area contributed by atoms with E-state index >= 15 is 0 Å². The number of para-hydroxylation sites is 1. The van der Waals surface area contributed by atoms with Gasteiger partial charge in [0.2, 0.25) is 10.0 Å². The second kappa shape index (κ2) is 6.59. The van der Waals surface area contributed by atoms with Crippen molar-refractivity contribution in [3.05, 3.63) is 29.3 Å². The number of rotatable bonds is 6. The van der Waals surface area contributed by atoms with Crippen molar-refractivity contribution in [2.24, 2.45) is 5.92 Å². The zero-order valence-corrected chi connectivity index (χ0v) is 13.1. The van der Waals surface area contributed by atoms with Gasteiger partial charge in [-0.15, -0.1) is 0 Å². The monoisotopic (exact) mass is 296 g/mol. The molecule has 1 aliphatic rings. The van der Waals surface area contributed by atoms with Gasteiger partial charge in [-0.2, -0.15) is 0 Å². The molecule has 0 fully saturated rings. The topological polar surface area (TPSA) is 58.2 Å². The Morgan fingerprint density at radius 1 is 1.35 bits per heavy atom. The van der Waals surface area contributed by atoms with Gasteiger partial charge in [0, 0.05) is 18.8 Å². The normalized spacial score (nSPS) is 14.9. The molecule has 1 aliphatic heterocycles. The van der Waals surface area contributed by atoms with Gasteiger partial charge < -0.3 is 5.32 Å². The Bertz CT molecular complexity index is 553. The maximum atomic E-state index is 11.8. The summed E-state index contributed by atoms with van der Waals surface area (Å²) in [5.74, 6) is 0.344. The first kappa shape index (κ1) is 15.3. The SMILES string of the molecule is CC(C)CS(=O)(=O)NCCc1cccc2c1NCCC2. The summed E-state index contributed by atoms with van der Waals surface area (Å²) < 4.78 is 26.3. The Morgan fingerprint density at radius 2 is 2.15 bits per heavy atom. The molecule has 20 heavy (non-hydrogen) atoms. The van der Waals surface area contributed by atoms with Gasteiger partial charge in [0.05, 0.1) is 5.75 Å². The van der Waals surface area contributed by atoms with E-state index in [1.54, 1.807) is 0 Å². The quantitative estimate of drug-likeness (QED) is 0.846. The highest BCUT2D eigenvalue weighted by Gasteiger charge is 2.14. The number of hydrogen-bond donors (Lipinski definition) is 2. The van der Waals surface area contributed by atoms with E-state index in [0.29, 0.717) is 6.54 Å². The van der Waals surface area contributed by atoms with Crippen LogP contribution in [0.1, 0.15) is 31.4 Å². The molecular formula is C15H24N2O2S. The zero-order chi connectivity index (χ0) is 14.6. The lowest BCUT2D eigenvalue weighted by molar-refractivity contribution is 0.568. The van der Waals surface area contributed by atoms with Crippen LogP contribution in [0.25, 0.3) is 0 Å². The fourth-order valence-electron chi connectivity index (χ4n) is 2.63. The molecule has 112 valence electrons. The van der Waals surface area contributed by atoms with Crippen LogP contribution in [0.4, 0.5) is 5.69 Å². The molecule has 0 aromatic heterocycles. The molecule has 1 aromatic rings. The Labute approximate surface area is 122 Å². The van der Waals surface area contributed by atoms with Crippen molar-refractivity contribution in [1.82, 2.24) is 4.72 Å². The third-order valence-corrected chi connectivity index (χ3v) is 5.18. The molecule has 4 nitrogen and oxygen atoms in total. The highest BCUT2D eigenvalue weighted by atomic mass is 32.2. The highest BCUT2D eigenvalue weighted by Crippen LogP contribution is 2.26. The van der Waals surface area contributed by atoms with Crippen molar-refractivity contribution in [2.75, 3.05) is 24.2 Å². The van der Waals surface area contributed by atoms with Crippen LogP contribution in [0, 0.1) is 5.92 Å². The summed E-state index contributed by atoms with van der Waals surface area (Å²) >= 11 is 0. The molecule has 0 saturated carbocycles. The molecule has 0 spiro atoms. The van der Waals surface area contributed by atoms with Crippen LogP contribution >= 0.6 is 0 Å². The molecule has 0 amide bonds. The maximum Gasteiger partial charge on any atom is 0.211 e. The number of hydrogen-bond acceptors (Lipinski definition) is 3. The molecule has 0 bridgehead atoms. The molecule has 2 rings (SSSR count). The highest BCUT2D eigenvalue weighted by molar-refractivity contribution is 7.89. The summed E-state index contributed by atoms with van der Waals surface area (Å²) in [5.41, 5.74) is 3.76. The lowest BCUT2D eigenvalue weighted by Crippen LogP contribution is -2.30. The van der Waals surface area contributed by atoms with Crippen molar-refractivity contribution in [3.63, 3.8) is 0 Å². The third kappa shape index (κ3) is 4.21. The maximum absolute atomic E-state index is 11.8. The summed E-state index contributed by atoms with van der Waals surface area (Å²) in [6.07, 6.45) is 3.00. The van der Waals surface area contributed by atoms with Crippen LogP contribution in [-0.4, -0.2) is 27.3 Å². The molecule has 5 heteroatoms. The number of benzene rings is 1. The van der Waals surface area contributed by atoms with Gasteiger partial charge in [0.15, 0.2) is 0 Å². The smallest absolute Gasteiger partial charge is 0.211 e. The Kier molecular flexibility index (Phi) is 5.05. The van der Waals surface area contributed by atoms with E-state index in [1.165, 1.54) is 16.8 Å². The predicted octanol–water partition coefficient (Wildman–Crippen LogP) is 2.16. The van der Waals surface area contributed by atoms with Gasteiger partial charge >= 0.3 is 0 Å². The zero-order valence-electron chi connectivity index (χ0n) is 12.3. The minimum Gasteiger partial charge on any atom is -0.385 e. The van der Waals surface area contributed by atoms with Crippen LogP contribution in [0.2, 0.25) is 0 Å². The van der Waals surface area contributed by atoms with Gasteiger partial charge in [-0.1, -0.05) is 32.0 Å². The summed E-state index contributed by atoms with van der Waals surface area (Å²) in [4.78, 5) is 0. The van der Waals surface area contributed by atoms with Gasteiger partial charge in [0.1, 0.15) is 0 Å². The number of aryl methyl sites for hydroxylation is 1. The lowest BCUT2D eigenvalue weighted by Gasteiger charge is -2.21. The van der Waals surface area contributed by atoms with E-state index in [-0.39, 0.29) is 11.7 Å². The molecule has 0 atom stereocenters. The van der Waals surface area contributed by atoms with Gasteiger partial charge in [-0.3, -0.25) is 0 Å². The first-order valence-electron chi connectivity index (χ1n) is 7.30. The molecule has 0 radical (unpaired) electrons. The number of anilines is 1. The minimum absolute atomic E-state index is 0.152. The van der Waals surface area contributed by atoms with Crippen LogP contribution in [0.15, 0.2) is 18.2 Å². The summed E-state index contributed by atoms with van der Waals surface area (Å²) in [6, 6.07) is 6.28. The van der Waals surface area contributed by atoms with E-state index in [2.05, 4.69) is 28.2 Å². The van der Waals surface area contributed by atoms with E-state index in [9.17, 15) is 8.42 Å². The van der Waals surface area contributed by atoms with Crippen LogP contribution in [0.3, 0.4) is 0 Å². The largest absolute Gasteiger partial charge is 0.385 e. The fraction of sp³-hybridized carbons (Fsp3) is 0.600. The molecule has 0 saturated heterocycles. The lowest BCUT2D eigenvalue weighted by atomic mass is 9.98. The second-order valence-electron chi connectivity index (χ2n) is 5.80. The molecule has 0 aliphatic carbocycles. The summed E-state index contributed by atoms with van der Waals surface area (Å²) in [6.45, 7) is 5.30. The van der Waals surface area contributed by atoms with Gasteiger partial charge in [-0.25, -0.2) is 13.1 Å². The van der Waals surface area contributed by atoms with Crippen molar-refractivity contribution < 1.29 is 8.42 Å². The first-order valence-corrected chi connectivity index (χ1v) is 8.95. The van der Waals surface area contributed by atoms with Gasteiger partial charge in [-0.05, 0) is 36.3 Å². The van der Waals surface area contributed by atoms with Gasteiger partial charge in [0.25, 0.3) is 0 Å².